The van der Waals surface area contributed by atoms with Crippen molar-refractivity contribution in [3.63, 3.8) is 0 Å². The fourth-order valence-corrected chi connectivity index (χ4v) is 3.44. The van der Waals surface area contributed by atoms with Crippen LogP contribution in [0.4, 0.5) is 5.69 Å². The summed E-state index contributed by atoms with van der Waals surface area (Å²) in [5, 5.41) is 3.09. The molecule has 0 aliphatic carbocycles. The lowest BCUT2D eigenvalue weighted by molar-refractivity contribution is -0.122. The molecule has 3 rings (SSSR count). The monoisotopic (exact) mass is 382 g/mol. The number of nitrogens with zero attached hydrogens (tertiary/aromatic N) is 1. The van der Waals surface area contributed by atoms with E-state index in [4.69, 9.17) is 35.4 Å². The Morgan fingerprint density at radius 1 is 1.09 bits per heavy atom. The van der Waals surface area contributed by atoms with Gasteiger partial charge in [-0.25, -0.2) is 0 Å². The van der Waals surface area contributed by atoms with Crippen molar-refractivity contribution in [2.45, 2.75) is 0 Å². The molecule has 1 aromatic carbocycles. The first-order valence-corrected chi connectivity index (χ1v) is 8.36. The van der Waals surface area contributed by atoms with Gasteiger partial charge in [-0.05, 0) is 54.7 Å². The van der Waals surface area contributed by atoms with Crippen molar-refractivity contribution in [2.24, 2.45) is 0 Å². The van der Waals surface area contributed by atoms with Gasteiger partial charge < -0.3 is 0 Å². The standard InChI is InChI=1S/C15H8Cl2N2O2S2/c16-8-1-3-9(4-2-8)19-14(21)11(13(20)18-15(19)22)7-10-5-6-12(17)23-10/h1-7H,(H,18,20,22)/b11-7-. The van der Waals surface area contributed by atoms with Crippen molar-refractivity contribution in [2.75, 3.05) is 4.90 Å². The molecule has 0 saturated carbocycles. The maximum Gasteiger partial charge on any atom is 0.270 e. The molecule has 1 aliphatic heterocycles. The van der Waals surface area contributed by atoms with E-state index < -0.39 is 11.8 Å². The quantitative estimate of drug-likeness (QED) is 0.486. The van der Waals surface area contributed by atoms with Crippen molar-refractivity contribution in [3.05, 3.63) is 56.2 Å². The SMILES string of the molecule is O=C1NC(=S)N(c2ccc(Cl)cc2)C(=O)/C1=C\c1ccc(Cl)s1. The van der Waals surface area contributed by atoms with E-state index in [-0.39, 0.29) is 10.7 Å². The Morgan fingerprint density at radius 2 is 1.78 bits per heavy atom. The van der Waals surface area contributed by atoms with Crippen LogP contribution in [0.3, 0.4) is 0 Å². The summed E-state index contributed by atoms with van der Waals surface area (Å²) in [7, 11) is 0. The first kappa shape index (κ1) is 16.1. The zero-order valence-corrected chi connectivity index (χ0v) is 14.5. The summed E-state index contributed by atoms with van der Waals surface area (Å²) in [6.07, 6.45) is 1.50. The summed E-state index contributed by atoms with van der Waals surface area (Å²) >= 11 is 18.1. The molecular weight excluding hydrogens is 375 g/mol. The lowest BCUT2D eigenvalue weighted by Gasteiger charge is -2.28. The Hall–Kier alpha value is -1.73. The number of hydrogen-bond donors (Lipinski definition) is 1. The van der Waals surface area contributed by atoms with Crippen LogP contribution in [0.15, 0.2) is 42.0 Å². The van der Waals surface area contributed by atoms with Crippen molar-refractivity contribution in [1.29, 1.82) is 0 Å². The minimum Gasteiger partial charge on any atom is -0.298 e. The Kier molecular flexibility index (Phi) is 4.50. The minimum absolute atomic E-state index is 0.00735. The number of carbonyl (C=O) groups excluding carboxylic acids is 2. The van der Waals surface area contributed by atoms with Crippen LogP contribution in [0.25, 0.3) is 6.08 Å². The second-order valence-corrected chi connectivity index (χ2v) is 7.15. The number of rotatable bonds is 2. The Labute approximate surface area is 151 Å². The van der Waals surface area contributed by atoms with Gasteiger partial charge in [0.15, 0.2) is 5.11 Å². The molecule has 23 heavy (non-hydrogen) atoms. The number of thiophene rings is 1. The first-order chi connectivity index (χ1) is 11.0. The van der Waals surface area contributed by atoms with E-state index in [1.165, 1.54) is 22.3 Å². The van der Waals surface area contributed by atoms with E-state index in [9.17, 15) is 9.59 Å². The van der Waals surface area contributed by atoms with E-state index >= 15 is 0 Å². The van der Waals surface area contributed by atoms with Gasteiger partial charge in [-0.3, -0.25) is 19.8 Å². The van der Waals surface area contributed by atoms with Crippen molar-refractivity contribution < 1.29 is 9.59 Å². The molecule has 0 spiro atoms. The van der Waals surface area contributed by atoms with E-state index in [1.807, 2.05) is 0 Å². The molecule has 1 aromatic heterocycles. The number of nitrogens with one attached hydrogen (secondary N) is 1. The van der Waals surface area contributed by atoms with Gasteiger partial charge in [-0.1, -0.05) is 23.2 Å². The second-order valence-electron chi connectivity index (χ2n) is 4.58. The third kappa shape index (κ3) is 3.30. The number of halogens is 2. The van der Waals surface area contributed by atoms with Crippen LogP contribution in [-0.4, -0.2) is 16.9 Å². The topological polar surface area (TPSA) is 49.4 Å². The zero-order chi connectivity index (χ0) is 16.6. The molecule has 0 bridgehead atoms. The predicted octanol–water partition coefficient (Wildman–Crippen LogP) is 3.89. The van der Waals surface area contributed by atoms with Crippen molar-refractivity contribution in [1.82, 2.24) is 5.32 Å². The molecule has 2 amide bonds. The maximum absolute atomic E-state index is 12.7. The smallest absolute Gasteiger partial charge is 0.270 e. The van der Waals surface area contributed by atoms with Gasteiger partial charge in [-0.15, -0.1) is 11.3 Å². The highest BCUT2D eigenvalue weighted by Crippen LogP contribution is 2.27. The van der Waals surface area contributed by atoms with Crippen LogP contribution >= 0.6 is 46.8 Å². The summed E-state index contributed by atoms with van der Waals surface area (Å²) in [4.78, 5) is 26.7. The lowest BCUT2D eigenvalue weighted by Crippen LogP contribution is -2.54. The molecule has 2 aromatic rings. The maximum atomic E-state index is 12.7. The van der Waals surface area contributed by atoms with Gasteiger partial charge in [0.05, 0.1) is 10.0 Å². The normalized spacial score (nSPS) is 16.9. The van der Waals surface area contributed by atoms with Gasteiger partial charge in [0.25, 0.3) is 11.8 Å². The molecule has 1 aliphatic rings. The molecule has 8 heteroatoms. The molecule has 0 unspecified atom stereocenters. The predicted molar refractivity (Wildman–Crippen MR) is 97.0 cm³/mol. The van der Waals surface area contributed by atoms with Crippen molar-refractivity contribution >= 4 is 75.4 Å². The summed E-state index contributed by atoms with van der Waals surface area (Å²) in [6.45, 7) is 0. The second kappa shape index (κ2) is 6.41. The number of benzene rings is 1. The van der Waals surface area contributed by atoms with Crippen LogP contribution in [0, 0.1) is 0 Å². The molecule has 0 radical (unpaired) electrons. The molecule has 0 atom stereocenters. The summed E-state index contributed by atoms with van der Waals surface area (Å²) in [5.74, 6) is -1.03. The highest BCUT2D eigenvalue weighted by Gasteiger charge is 2.34. The Balaban J connectivity index is 2.00. The first-order valence-electron chi connectivity index (χ1n) is 6.38. The third-order valence-electron chi connectivity index (χ3n) is 3.07. The third-order valence-corrected chi connectivity index (χ3v) is 4.78. The van der Waals surface area contributed by atoms with Crippen LogP contribution < -0.4 is 10.2 Å². The fraction of sp³-hybridized carbons (Fsp3) is 0. The highest BCUT2D eigenvalue weighted by molar-refractivity contribution is 7.80. The van der Waals surface area contributed by atoms with Gasteiger partial charge in [0.1, 0.15) is 5.57 Å². The van der Waals surface area contributed by atoms with Gasteiger partial charge >= 0.3 is 0 Å². The minimum atomic E-state index is -0.533. The zero-order valence-electron chi connectivity index (χ0n) is 11.4. The lowest BCUT2D eigenvalue weighted by atomic mass is 10.1. The average Bonchev–Trinajstić information content (AvgIpc) is 2.91. The van der Waals surface area contributed by atoms with Gasteiger partial charge in [0, 0.05) is 9.90 Å². The largest absolute Gasteiger partial charge is 0.298 e. The van der Waals surface area contributed by atoms with Crippen LogP contribution in [0.1, 0.15) is 4.88 Å². The molecule has 1 fully saturated rings. The van der Waals surface area contributed by atoms with Gasteiger partial charge in [-0.2, -0.15) is 0 Å². The molecule has 4 nitrogen and oxygen atoms in total. The number of carbonyl (C=O) groups is 2. The van der Waals surface area contributed by atoms with Crippen molar-refractivity contribution in [3.8, 4) is 0 Å². The molecule has 1 N–H and O–H groups in total. The molecule has 1 saturated heterocycles. The Morgan fingerprint density at radius 3 is 2.39 bits per heavy atom. The summed E-state index contributed by atoms with van der Waals surface area (Å²) < 4.78 is 0.575. The summed E-state index contributed by atoms with van der Waals surface area (Å²) in [5.41, 5.74) is 0.520. The molecule has 2 heterocycles. The molecular formula is C15H8Cl2N2O2S2. The number of thiocarbonyl (C=S) groups is 1. The fourth-order valence-electron chi connectivity index (χ4n) is 2.03. The van der Waals surface area contributed by atoms with E-state index in [0.29, 0.717) is 19.9 Å². The number of amides is 2. The van der Waals surface area contributed by atoms with E-state index in [0.717, 1.165) is 0 Å². The number of anilines is 1. The molecule has 116 valence electrons. The van der Waals surface area contributed by atoms with Gasteiger partial charge in [0.2, 0.25) is 0 Å². The van der Waals surface area contributed by atoms with Crippen LogP contribution in [-0.2, 0) is 9.59 Å². The van der Waals surface area contributed by atoms with E-state index in [1.54, 1.807) is 36.4 Å². The van der Waals surface area contributed by atoms with Crippen LogP contribution in [0.2, 0.25) is 9.36 Å². The average molecular weight is 383 g/mol. The van der Waals surface area contributed by atoms with Crippen LogP contribution in [0.5, 0.6) is 0 Å². The Bertz CT molecular complexity index is 843. The number of hydrogen-bond acceptors (Lipinski definition) is 4. The van der Waals surface area contributed by atoms with E-state index in [2.05, 4.69) is 5.32 Å². The highest BCUT2D eigenvalue weighted by atomic mass is 35.5. The summed E-state index contributed by atoms with van der Waals surface area (Å²) in [6, 6.07) is 10.0.